The van der Waals surface area contributed by atoms with Gasteiger partial charge in [0.1, 0.15) is 0 Å². The monoisotopic (exact) mass is 726 g/mol. The second-order valence-corrected chi connectivity index (χ2v) is 14.9. The fraction of sp³-hybridized carbons (Fsp3) is 0.0182. The summed E-state index contributed by atoms with van der Waals surface area (Å²) in [6.45, 7) is 0. The van der Waals surface area contributed by atoms with Crippen LogP contribution in [0.1, 0.15) is 22.3 Å². The molecule has 1 aliphatic carbocycles. The van der Waals surface area contributed by atoms with E-state index >= 15 is 0 Å². The number of para-hydroxylation sites is 3. The van der Waals surface area contributed by atoms with Crippen LogP contribution in [-0.4, -0.2) is 4.57 Å². The van der Waals surface area contributed by atoms with Crippen LogP contribution < -0.4 is 4.90 Å². The molecular formula is C55H38N2. The fourth-order valence-corrected chi connectivity index (χ4v) is 9.41. The van der Waals surface area contributed by atoms with Crippen LogP contribution in [0.25, 0.3) is 49.7 Å². The van der Waals surface area contributed by atoms with Crippen molar-refractivity contribution in [3.63, 3.8) is 0 Å². The normalized spacial score (nSPS) is 12.7. The third kappa shape index (κ3) is 5.18. The molecule has 0 fully saturated rings. The molecular weight excluding hydrogens is 689 g/mol. The Hall–Kier alpha value is -7.42. The Kier molecular flexibility index (Phi) is 7.75. The molecule has 2 heteroatoms. The van der Waals surface area contributed by atoms with Crippen molar-refractivity contribution in [2.75, 3.05) is 4.90 Å². The summed E-state index contributed by atoms with van der Waals surface area (Å²) >= 11 is 0. The number of aromatic nitrogens is 1. The van der Waals surface area contributed by atoms with Crippen molar-refractivity contribution in [2.45, 2.75) is 5.41 Å². The first-order valence-corrected chi connectivity index (χ1v) is 19.7. The van der Waals surface area contributed by atoms with Crippen LogP contribution in [0.2, 0.25) is 0 Å². The molecule has 0 spiro atoms. The SMILES string of the molecule is c1ccc(N(c2ccccc2)c2ccc3c(c2)c2ccccc2n3-c2ccc(-c3ccc4c(c3)C(c3ccccc3)(c3ccccc3)c3ccccc3-4)cc2)cc1. The van der Waals surface area contributed by atoms with Crippen LogP contribution in [0, 0.1) is 0 Å². The van der Waals surface area contributed by atoms with Crippen molar-refractivity contribution >= 4 is 38.9 Å². The topological polar surface area (TPSA) is 8.17 Å². The lowest BCUT2D eigenvalue weighted by molar-refractivity contribution is 0.769. The predicted molar refractivity (Wildman–Crippen MR) is 238 cm³/mol. The van der Waals surface area contributed by atoms with Crippen LogP contribution >= 0.6 is 0 Å². The van der Waals surface area contributed by atoms with Crippen LogP contribution in [-0.2, 0) is 5.41 Å². The lowest BCUT2D eigenvalue weighted by Gasteiger charge is -2.34. The van der Waals surface area contributed by atoms with E-state index in [1.54, 1.807) is 0 Å². The molecule has 1 aliphatic rings. The smallest absolute Gasteiger partial charge is 0.0713 e. The summed E-state index contributed by atoms with van der Waals surface area (Å²) in [4.78, 5) is 2.33. The minimum absolute atomic E-state index is 0.428. The molecule has 57 heavy (non-hydrogen) atoms. The lowest BCUT2D eigenvalue weighted by atomic mass is 9.67. The van der Waals surface area contributed by atoms with Crippen molar-refractivity contribution in [1.29, 1.82) is 0 Å². The van der Waals surface area contributed by atoms with Crippen LogP contribution in [0.5, 0.6) is 0 Å². The average molecular weight is 727 g/mol. The Morgan fingerprint density at radius 3 is 1.53 bits per heavy atom. The van der Waals surface area contributed by atoms with Crippen LogP contribution in [0.3, 0.4) is 0 Å². The summed E-state index contributed by atoms with van der Waals surface area (Å²) in [6, 6.07) is 84.1. The third-order valence-corrected chi connectivity index (χ3v) is 11.9. The first kappa shape index (κ1) is 33.0. The Balaban J connectivity index is 1.03. The summed E-state index contributed by atoms with van der Waals surface area (Å²) in [5.41, 5.74) is 16.7. The number of hydrogen-bond acceptors (Lipinski definition) is 1. The summed E-state index contributed by atoms with van der Waals surface area (Å²) in [5.74, 6) is 0. The highest BCUT2D eigenvalue weighted by Crippen LogP contribution is 2.56. The first-order chi connectivity index (χ1) is 28.3. The Labute approximate surface area is 333 Å². The van der Waals surface area contributed by atoms with Gasteiger partial charge in [0, 0.05) is 33.5 Å². The van der Waals surface area contributed by atoms with Crippen molar-refractivity contribution in [1.82, 2.24) is 4.57 Å². The van der Waals surface area contributed by atoms with Crippen molar-refractivity contribution in [3.8, 4) is 27.9 Å². The zero-order chi connectivity index (χ0) is 37.8. The van der Waals surface area contributed by atoms with Gasteiger partial charge in [-0.15, -0.1) is 0 Å². The van der Waals surface area contributed by atoms with Crippen molar-refractivity contribution in [3.05, 3.63) is 253 Å². The molecule has 0 radical (unpaired) electrons. The van der Waals surface area contributed by atoms with E-state index in [0.717, 1.165) is 22.7 Å². The van der Waals surface area contributed by atoms with Gasteiger partial charge >= 0.3 is 0 Å². The van der Waals surface area contributed by atoms with Gasteiger partial charge in [-0.2, -0.15) is 0 Å². The first-order valence-electron chi connectivity index (χ1n) is 19.7. The maximum absolute atomic E-state index is 2.44. The largest absolute Gasteiger partial charge is 0.310 e. The Bertz CT molecular complexity index is 2960. The quantitative estimate of drug-likeness (QED) is 0.159. The summed E-state index contributed by atoms with van der Waals surface area (Å²) < 4.78 is 2.41. The van der Waals surface area contributed by atoms with Gasteiger partial charge in [0.2, 0.25) is 0 Å². The van der Waals surface area contributed by atoms with Gasteiger partial charge in [-0.3, -0.25) is 0 Å². The van der Waals surface area contributed by atoms with Crippen molar-refractivity contribution < 1.29 is 0 Å². The van der Waals surface area contributed by atoms with Gasteiger partial charge in [0.05, 0.1) is 16.4 Å². The summed E-state index contributed by atoms with van der Waals surface area (Å²) in [5, 5.41) is 2.45. The van der Waals surface area contributed by atoms with Gasteiger partial charge in [0.25, 0.3) is 0 Å². The molecule has 0 aliphatic heterocycles. The molecule has 9 aromatic carbocycles. The zero-order valence-electron chi connectivity index (χ0n) is 31.3. The molecule has 268 valence electrons. The molecule has 0 N–H and O–H groups in total. The standard InChI is InChI=1S/C55H38N2/c1-5-17-41(18-6-1)55(42-19-7-2-8-20-42)51-27-15-13-25-47(51)48-35-31-40(37-52(48)55)39-29-32-45(33-30-39)57-53-28-16-14-26-49(53)50-38-46(34-36-54(50)57)56(43-21-9-3-10-22-43)44-23-11-4-12-24-44/h1-38H. The Morgan fingerprint density at radius 2 is 0.860 bits per heavy atom. The van der Waals surface area contributed by atoms with E-state index in [2.05, 4.69) is 240 Å². The predicted octanol–water partition coefficient (Wildman–Crippen LogP) is 14.3. The number of rotatable bonds is 7. The molecule has 2 nitrogen and oxygen atoms in total. The fourth-order valence-electron chi connectivity index (χ4n) is 9.41. The van der Waals surface area contributed by atoms with Gasteiger partial charge in [-0.05, 0) is 111 Å². The summed E-state index contributed by atoms with van der Waals surface area (Å²) in [6.07, 6.45) is 0. The number of fused-ring (bicyclic) bond motifs is 6. The van der Waals surface area contributed by atoms with E-state index in [4.69, 9.17) is 0 Å². The molecule has 0 atom stereocenters. The molecule has 0 saturated heterocycles. The lowest BCUT2D eigenvalue weighted by Crippen LogP contribution is -2.28. The molecule has 10 aromatic rings. The molecule has 0 amide bonds. The molecule has 11 rings (SSSR count). The summed E-state index contributed by atoms with van der Waals surface area (Å²) in [7, 11) is 0. The molecule has 0 saturated carbocycles. The van der Waals surface area contributed by atoms with Gasteiger partial charge < -0.3 is 9.47 Å². The molecule has 0 unspecified atom stereocenters. The third-order valence-electron chi connectivity index (χ3n) is 11.9. The molecule has 1 aromatic heterocycles. The highest BCUT2D eigenvalue weighted by atomic mass is 15.1. The van der Waals surface area contributed by atoms with Gasteiger partial charge in [-0.1, -0.05) is 164 Å². The van der Waals surface area contributed by atoms with E-state index in [0.29, 0.717) is 0 Å². The van der Waals surface area contributed by atoms with Gasteiger partial charge in [0.15, 0.2) is 0 Å². The maximum Gasteiger partial charge on any atom is 0.0713 e. The number of hydrogen-bond donors (Lipinski definition) is 0. The van der Waals surface area contributed by atoms with Crippen LogP contribution in [0.4, 0.5) is 17.1 Å². The minimum Gasteiger partial charge on any atom is -0.310 e. The Morgan fingerprint density at radius 1 is 0.333 bits per heavy atom. The van der Waals surface area contributed by atoms with E-state index in [1.165, 1.54) is 66.3 Å². The average Bonchev–Trinajstić information content (AvgIpc) is 3.78. The zero-order valence-corrected chi connectivity index (χ0v) is 31.3. The highest BCUT2D eigenvalue weighted by molar-refractivity contribution is 6.10. The maximum atomic E-state index is 2.44. The second kappa shape index (κ2) is 13.4. The van der Waals surface area contributed by atoms with E-state index in [1.807, 2.05) is 0 Å². The molecule has 0 bridgehead atoms. The van der Waals surface area contributed by atoms with Crippen LogP contribution in [0.15, 0.2) is 231 Å². The highest BCUT2D eigenvalue weighted by Gasteiger charge is 2.46. The van der Waals surface area contributed by atoms with E-state index in [9.17, 15) is 0 Å². The van der Waals surface area contributed by atoms with Gasteiger partial charge in [-0.25, -0.2) is 0 Å². The van der Waals surface area contributed by atoms with Crippen molar-refractivity contribution in [2.24, 2.45) is 0 Å². The van der Waals surface area contributed by atoms with E-state index in [-0.39, 0.29) is 0 Å². The second-order valence-electron chi connectivity index (χ2n) is 14.9. The number of benzene rings is 9. The minimum atomic E-state index is -0.428. The van der Waals surface area contributed by atoms with E-state index < -0.39 is 5.41 Å². The molecule has 1 heterocycles. The number of anilines is 3. The number of nitrogens with zero attached hydrogens (tertiary/aromatic N) is 2.